The standard InChI is InChI=1S/C24H23Cl2NO4/c1-4-6-14-31-23(18-8-9-19(25)20(26)16-18)24(28)27-12-11-17-7-10-21(30-13-5-2)22(15-17)29-3/h2,7-10,15-16,23H,11-14H2,1,3H3,(H,27,28)/t23-/m0/s1. The Kier molecular flexibility index (Phi) is 10.1. The van der Waals surface area contributed by atoms with Crippen LogP contribution in [0.25, 0.3) is 0 Å². The second-order valence-electron chi connectivity index (χ2n) is 6.31. The number of hydrogen-bond acceptors (Lipinski definition) is 4. The zero-order valence-corrected chi connectivity index (χ0v) is 18.8. The number of halogens is 2. The molecule has 0 saturated carbocycles. The van der Waals surface area contributed by atoms with Crippen molar-refractivity contribution in [1.29, 1.82) is 0 Å². The first-order chi connectivity index (χ1) is 15.0. The van der Waals surface area contributed by atoms with Crippen molar-refractivity contribution in [3.05, 3.63) is 57.6 Å². The van der Waals surface area contributed by atoms with Crippen LogP contribution in [0, 0.1) is 24.2 Å². The number of terminal acetylenes is 1. The Hall–Kier alpha value is -2.83. The van der Waals surface area contributed by atoms with Gasteiger partial charge in [-0.25, -0.2) is 0 Å². The molecule has 0 aliphatic heterocycles. The topological polar surface area (TPSA) is 56.8 Å². The van der Waals surface area contributed by atoms with Crippen LogP contribution in [0.1, 0.15) is 24.2 Å². The van der Waals surface area contributed by atoms with Crippen molar-refractivity contribution in [2.24, 2.45) is 0 Å². The van der Waals surface area contributed by atoms with Crippen molar-refractivity contribution >= 4 is 29.1 Å². The minimum absolute atomic E-state index is 0.116. The van der Waals surface area contributed by atoms with E-state index < -0.39 is 6.10 Å². The van der Waals surface area contributed by atoms with Gasteiger partial charge in [-0.3, -0.25) is 4.79 Å². The average molecular weight is 460 g/mol. The Labute approximate surface area is 193 Å². The van der Waals surface area contributed by atoms with Crippen molar-refractivity contribution in [1.82, 2.24) is 5.32 Å². The molecule has 1 amide bonds. The molecule has 0 aromatic heterocycles. The van der Waals surface area contributed by atoms with Crippen LogP contribution in [0.3, 0.4) is 0 Å². The van der Waals surface area contributed by atoms with E-state index in [1.165, 1.54) is 0 Å². The maximum Gasteiger partial charge on any atom is 0.253 e. The third kappa shape index (κ3) is 7.42. The molecule has 0 heterocycles. The van der Waals surface area contributed by atoms with Crippen LogP contribution >= 0.6 is 23.2 Å². The third-order valence-electron chi connectivity index (χ3n) is 4.24. The highest BCUT2D eigenvalue weighted by atomic mass is 35.5. The zero-order valence-electron chi connectivity index (χ0n) is 17.3. The van der Waals surface area contributed by atoms with Crippen LogP contribution in [0.15, 0.2) is 36.4 Å². The molecule has 0 radical (unpaired) electrons. The second-order valence-corrected chi connectivity index (χ2v) is 7.12. The molecule has 2 aromatic rings. The molecule has 0 fully saturated rings. The van der Waals surface area contributed by atoms with Gasteiger partial charge in [-0.1, -0.05) is 47.2 Å². The fraction of sp³-hybridized carbons (Fsp3) is 0.292. The van der Waals surface area contributed by atoms with E-state index in [1.807, 2.05) is 12.1 Å². The van der Waals surface area contributed by atoms with Gasteiger partial charge in [-0.15, -0.1) is 12.3 Å². The predicted molar refractivity (Wildman–Crippen MR) is 123 cm³/mol. The lowest BCUT2D eigenvalue weighted by Gasteiger charge is -2.18. The summed E-state index contributed by atoms with van der Waals surface area (Å²) < 4.78 is 16.5. The summed E-state index contributed by atoms with van der Waals surface area (Å²) >= 11 is 12.1. The Morgan fingerprint density at radius 2 is 1.94 bits per heavy atom. The van der Waals surface area contributed by atoms with E-state index in [4.69, 9.17) is 43.8 Å². The second kappa shape index (κ2) is 12.8. The van der Waals surface area contributed by atoms with Gasteiger partial charge in [0, 0.05) is 6.54 Å². The number of hydrogen-bond donors (Lipinski definition) is 1. The highest BCUT2D eigenvalue weighted by Gasteiger charge is 2.22. The number of rotatable bonds is 10. The molecule has 2 aromatic carbocycles. The molecule has 0 bridgehead atoms. The normalized spacial score (nSPS) is 10.9. The molecule has 7 heteroatoms. The first-order valence-electron chi connectivity index (χ1n) is 9.47. The van der Waals surface area contributed by atoms with Gasteiger partial charge in [0.05, 0.1) is 17.2 Å². The molecule has 1 N–H and O–H groups in total. The summed E-state index contributed by atoms with van der Waals surface area (Å²) in [6, 6.07) is 10.5. The van der Waals surface area contributed by atoms with E-state index in [1.54, 1.807) is 38.3 Å². The van der Waals surface area contributed by atoms with Gasteiger partial charge in [0.25, 0.3) is 5.91 Å². The lowest BCUT2D eigenvalue weighted by atomic mass is 10.1. The molecule has 31 heavy (non-hydrogen) atoms. The predicted octanol–water partition coefficient (Wildman–Crippen LogP) is 4.45. The highest BCUT2D eigenvalue weighted by molar-refractivity contribution is 6.42. The quantitative estimate of drug-likeness (QED) is 0.533. The van der Waals surface area contributed by atoms with E-state index in [0.29, 0.717) is 40.1 Å². The number of amides is 1. The van der Waals surface area contributed by atoms with Gasteiger partial charge in [-0.05, 0) is 48.7 Å². The molecule has 5 nitrogen and oxygen atoms in total. The van der Waals surface area contributed by atoms with Gasteiger partial charge in [-0.2, -0.15) is 0 Å². The Morgan fingerprint density at radius 1 is 1.13 bits per heavy atom. The summed E-state index contributed by atoms with van der Waals surface area (Å²) in [4.78, 5) is 12.8. The van der Waals surface area contributed by atoms with Gasteiger partial charge >= 0.3 is 0 Å². The molecule has 2 rings (SSSR count). The number of nitrogens with one attached hydrogen (secondary N) is 1. The Morgan fingerprint density at radius 3 is 2.61 bits per heavy atom. The smallest absolute Gasteiger partial charge is 0.253 e. The number of benzene rings is 2. The number of carbonyl (C=O) groups excluding carboxylic acids is 1. The lowest BCUT2D eigenvalue weighted by Crippen LogP contribution is -2.32. The summed E-state index contributed by atoms with van der Waals surface area (Å²) in [5.41, 5.74) is 1.57. The lowest BCUT2D eigenvalue weighted by molar-refractivity contribution is -0.132. The van der Waals surface area contributed by atoms with Crippen LogP contribution in [0.2, 0.25) is 10.0 Å². The minimum atomic E-state index is -0.857. The minimum Gasteiger partial charge on any atom is -0.493 e. The fourth-order valence-electron chi connectivity index (χ4n) is 2.72. The third-order valence-corrected chi connectivity index (χ3v) is 4.97. The summed E-state index contributed by atoms with van der Waals surface area (Å²) in [5, 5.41) is 3.64. The van der Waals surface area contributed by atoms with Gasteiger partial charge in [0.1, 0.15) is 13.2 Å². The molecule has 0 unspecified atom stereocenters. The van der Waals surface area contributed by atoms with E-state index in [0.717, 1.165) is 5.56 Å². The molecular weight excluding hydrogens is 437 g/mol. The summed E-state index contributed by atoms with van der Waals surface area (Å²) in [5.74, 6) is 8.80. The number of ether oxygens (including phenoxy) is 3. The summed E-state index contributed by atoms with van der Waals surface area (Å²) in [6.45, 7) is 2.37. The maximum atomic E-state index is 12.8. The Bertz CT molecular complexity index is 1000. The Balaban J connectivity index is 2.03. The van der Waals surface area contributed by atoms with Crippen molar-refractivity contribution in [3.8, 4) is 35.7 Å². The van der Waals surface area contributed by atoms with Crippen LogP contribution < -0.4 is 14.8 Å². The van der Waals surface area contributed by atoms with Crippen molar-refractivity contribution in [3.63, 3.8) is 0 Å². The highest BCUT2D eigenvalue weighted by Crippen LogP contribution is 2.29. The largest absolute Gasteiger partial charge is 0.493 e. The van der Waals surface area contributed by atoms with E-state index in [2.05, 4.69) is 23.1 Å². The van der Waals surface area contributed by atoms with Crippen LogP contribution in [-0.4, -0.2) is 32.8 Å². The molecule has 0 aliphatic carbocycles. The first-order valence-corrected chi connectivity index (χ1v) is 10.2. The van der Waals surface area contributed by atoms with Crippen molar-refractivity contribution in [2.45, 2.75) is 19.4 Å². The fourth-order valence-corrected chi connectivity index (χ4v) is 3.03. The monoisotopic (exact) mass is 459 g/mol. The molecule has 162 valence electrons. The molecule has 1 atom stereocenters. The molecule has 0 aliphatic rings. The van der Waals surface area contributed by atoms with E-state index >= 15 is 0 Å². The molecular formula is C24H23Cl2NO4. The van der Waals surface area contributed by atoms with E-state index in [-0.39, 0.29) is 19.1 Å². The number of carbonyl (C=O) groups is 1. The summed E-state index contributed by atoms with van der Waals surface area (Å²) in [6.07, 6.45) is 4.95. The van der Waals surface area contributed by atoms with Gasteiger partial charge in [0.2, 0.25) is 0 Å². The van der Waals surface area contributed by atoms with Gasteiger partial charge in [0.15, 0.2) is 17.6 Å². The average Bonchev–Trinajstić information content (AvgIpc) is 2.77. The van der Waals surface area contributed by atoms with Crippen LogP contribution in [-0.2, 0) is 16.0 Å². The maximum absolute atomic E-state index is 12.8. The SMILES string of the molecule is C#CCOc1ccc(CCNC(=O)[C@@H](OCC#CC)c2ccc(Cl)c(Cl)c2)cc1OC. The zero-order chi connectivity index (χ0) is 22.6. The van der Waals surface area contributed by atoms with Crippen molar-refractivity contribution in [2.75, 3.05) is 26.9 Å². The number of methoxy groups -OCH3 is 1. The van der Waals surface area contributed by atoms with Crippen LogP contribution in [0.4, 0.5) is 0 Å². The summed E-state index contributed by atoms with van der Waals surface area (Å²) in [7, 11) is 1.56. The van der Waals surface area contributed by atoms with Gasteiger partial charge < -0.3 is 19.5 Å². The van der Waals surface area contributed by atoms with Crippen molar-refractivity contribution < 1.29 is 19.0 Å². The van der Waals surface area contributed by atoms with E-state index in [9.17, 15) is 4.79 Å². The molecule has 0 spiro atoms. The molecule has 0 saturated heterocycles. The van der Waals surface area contributed by atoms with Crippen LogP contribution in [0.5, 0.6) is 11.5 Å². The first kappa shape index (κ1) is 24.4.